The van der Waals surface area contributed by atoms with Crippen LogP contribution in [0.1, 0.15) is 33.6 Å². The summed E-state index contributed by atoms with van der Waals surface area (Å²) < 4.78 is 0. The second-order valence-electron chi connectivity index (χ2n) is 4.42. The second kappa shape index (κ2) is 2.33. The van der Waals surface area contributed by atoms with Gasteiger partial charge < -0.3 is 0 Å². The van der Waals surface area contributed by atoms with Gasteiger partial charge in [-0.3, -0.25) is 0 Å². The lowest BCUT2D eigenvalue weighted by atomic mass is 9.76. The van der Waals surface area contributed by atoms with E-state index in [-0.39, 0.29) is 11.2 Å². The topological polar surface area (TPSA) is 18.5 Å². The zero-order valence-corrected chi connectivity index (χ0v) is 7.96. The first-order valence-corrected chi connectivity index (χ1v) is 4.64. The molecule has 0 unspecified atom stereocenters. The molecule has 0 saturated carbocycles. The summed E-state index contributed by atoms with van der Waals surface area (Å²) in [5, 5.41) is 0. The Hall–Kier alpha value is -0.340. The van der Waals surface area contributed by atoms with Gasteiger partial charge in [0, 0.05) is 0 Å². The van der Waals surface area contributed by atoms with Crippen LogP contribution >= 0.6 is 0 Å². The van der Waals surface area contributed by atoms with Gasteiger partial charge in [-0.25, -0.2) is 9.78 Å². The summed E-state index contributed by atoms with van der Waals surface area (Å²) in [5.41, 5.74) is -0.297. The van der Waals surface area contributed by atoms with Gasteiger partial charge in [-0.05, 0) is 25.7 Å². The molecule has 1 fully saturated rings. The molecular weight excluding hydrogens is 152 g/mol. The first-order chi connectivity index (χ1) is 5.56. The molecule has 68 valence electrons. The Kier molecular flexibility index (Phi) is 1.61. The highest BCUT2D eigenvalue weighted by Crippen LogP contribution is 2.44. The molecule has 0 radical (unpaired) electrons. The standard InChI is InChI=1S/C10H16O2/c1-8(2)10-6-4-9(3,5-7-10)11-12-10/h4,6,8H,5,7H2,1-3H3/t9-,10+/m0/s1. The Morgan fingerprint density at radius 1 is 1.17 bits per heavy atom. The Morgan fingerprint density at radius 2 is 1.92 bits per heavy atom. The van der Waals surface area contributed by atoms with Gasteiger partial charge >= 0.3 is 0 Å². The van der Waals surface area contributed by atoms with E-state index in [1.54, 1.807) is 0 Å². The van der Waals surface area contributed by atoms with Crippen molar-refractivity contribution in [2.75, 3.05) is 0 Å². The molecule has 0 amide bonds. The predicted octanol–water partition coefficient (Wildman–Crippen LogP) is 2.45. The van der Waals surface area contributed by atoms with Crippen molar-refractivity contribution in [3.05, 3.63) is 12.2 Å². The summed E-state index contributed by atoms with van der Waals surface area (Å²) in [5.74, 6) is 0.485. The first-order valence-electron chi connectivity index (χ1n) is 4.64. The Bertz CT molecular complexity index is 210. The van der Waals surface area contributed by atoms with E-state index in [1.807, 2.05) is 0 Å². The number of fused-ring (bicyclic) bond motifs is 2. The monoisotopic (exact) mass is 168 g/mol. The van der Waals surface area contributed by atoms with Crippen molar-refractivity contribution in [3.8, 4) is 0 Å². The molecule has 2 nitrogen and oxygen atoms in total. The van der Waals surface area contributed by atoms with Crippen LogP contribution in [0.3, 0.4) is 0 Å². The van der Waals surface area contributed by atoms with Crippen LogP contribution in [-0.2, 0) is 9.78 Å². The normalized spacial score (nSPS) is 45.7. The molecule has 0 spiro atoms. The van der Waals surface area contributed by atoms with Crippen molar-refractivity contribution in [2.45, 2.75) is 44.8 Å². The summed E-state index contributed by atoms with van der Waals surface area (Å²) in [7, 11) is 0. The molecule has 0 aromatic rings. The molecule has 2 heterocycles. The Morgan fingerprint density at radius 3 is 2.25 bits per heavy atom. The van der Waals surface area contributed by atoms with Crippen molar-refractivity contribution >= 4 is 0 Å². The van der Waals surface area contributed by atoms with Gasteiger partial charge in [0.15, 0.2) is 0 Å². The van der Waals surface area contributed by atoms with E-state index in [2.05, 4.69) is 32.9 Å². The van der Waals surface area contributed by atoms with Gasteiger partial charge in [0.2, 0.25) is 0 Å². The van der Waals surface area contributed by atoms with Crippen LogP contribution < -0.4 is 0 Å². The fourth-order valence-electron chi connectivity index (χ4n) is 1.82. The summed E-state index contributed by atoms with van der Waals surface area (Å²) in [6.45, 7) is 6.40. The molecular formula is C10H16O2. The number of hydrogen-bond donors (Lipinski definition) is 0. The van der Waals surface area contributed by atoms with Crippen molar-refractivity contribution in [1.82, 2.24) is 0 Å². The van der Waals surface area contributed by atoms with E-state index in [1.165, 1.54) is 0 Å². The van der Waals surface area contributed by atoms with E-state index in [0.717, 1.165) is 12.8 Å². The molecule has 2 bridgehead atoms. The number of hydrogen-bond acceptors (Lipinski definition) is 2. The van der Waals surface area contributed by atoms with E-state index in [0.29, 0.717) is 5.92 Å². The van der Waals surface area contributed by atoms with E-state index in [9.17, 15) is 0 Å². The molecule has 2 aliphatic heterocycles. The molecule has 2 atom stereocenters. The number of rotatable bonds is 1. The molecule has 3 aliphatic rings. The molecule has 3 rings (SSSR count). The second-order valence-corrected chi connectivity index (χ2v) is 4.42. The van der Waals surface area contributed by atoms with Crippen LogP contribution in [0.4, 0.5) is 0 Å². The van der Waals surface area contributed by atoms with Crippen LogP contribution in [0.25, 0.3) is 0 Å². The summed E-state index contributed by atoms with van der Waals surface area (Å²) >= 11 is 0. The largest absolute Gasteiger partial charge is 0.225 e. The maximum absolute atomic E-state index is 5.44. The van der Waals surface area contributed by atoms with Crippen LogP contribution in [-0.4, -0.2) is 11.2 Å². The zero-order valence-electron chi connectivity index (χ0n) is 7.96. The lowest BCUT2D eigenvalue weighted by Crippen LogP contribution is -2.50. The highest BCUT2D eigenvalue weighted by atomic mass is 17.2. The van der Waals surface area contributed by atoms with Gasteiger partial charge in [-0.15, -0.1) is 0 Å². The molecule has 2 heteroatoms. The van der Waals surface area contributed by atoms with Crippen molar-refractivity contribution in [1.29, 1.82) is 0 Å². The summed E-state index contributed by atoms with van der Waals surface area (Å²) in [6, 6.07) is 0. The van der Waals surface area contributed by atoms with Gasteiger partial charge in [0.05, 0.1) is 0 Å². The predicted molar refractivity (Wildman–Crippen MR) is 46.5 cm³/mol. The van der Waals surface area contributed by atoms with Crippen molar-refractivity contribution in [2.24, 2.45) is 5.92 Å². The molecule has 0 N–H and O–H groups in total. The molecule has 0 aromatic carbocycles. The molecule has 1 saturated heterocycles. The van der Waals surface area contributed by atoms with Gasteiger partial charge in [-0.2, -0.15) is 0 Å². The third-order valence-corrected chi connectivity index (χ3v) is 3.09. The van der Waals surface area contributed by atoms with Crippen LogP contribution in [0.2, 0.25) is 0 Å². The van der Waals surface area contributed by atoms with Crippen LogP contribution in [0, 0.1) is 5.92 Å². The van der Waals surface area contributed by atoms with E-state index in [4.69, 9.17) is 9.78 Å². The van der Waals surface area contributed by atoms with E-state index < -0.39 is 0 Å². The summed E-state index contributed by atoms with van der Waals surface area (Å²) in [6.07, 6.45) is 6.46. The van der Waals surface area contributed by atoms with Crippen molar-refractivity contribution in [3.63, 3.8) is 0 Å². The smallest absolute Gasteiger partial charge is 0.124 e. The molecule has 12 heavy (non-hydrogen) atoms. The quantitative estimate of drug-likeness (QED) is 0.442. The first kappa shape index (κ1) is 8.27. The maximum Gasteiger partial charge on any atom is 0.124 e. The molecule has 0 aromatic heterocycles. The van der Waals surface area contributed by atoms with E-state index >= 15 is 0 Å². The average molecular weight is 168 g/mol. The highest BCUT2D eigenvalue weighted by Gasteiger charge is 2.47. The Balaban J connectivity index is 2.28. The highest BCUT2D eigenvalue weighted by molar-refractivity contribution is 5.17. The SMILES string of the molecule is CC(C)[C@@]12C=C[C@@](C)(CC1)OO2. The van der Waals surface area contributed by atoms with Gasteiger partial charge in [0.1, 0.15) is 11.2 Å². The zero-order chi connectivity index (χ0) is 8.82. The molecule has 1 aliphatic carbocycles. The average Bonchev–Trinajstić information content (AvgIpc) is 2.06. The maximum atomic E-state index is 5.44. The minimum absolute atomic E-state index is 0.141. The minimum Gasteiger partial charge on any atom is -0.225 e. The summed E-state index contributed by atoms with van der Waals surface area (Å²) in [4.78, 5) is 10.8. The lowest BCUT2D eigenvalue weighted by molar-refractivity contribution is -0.431. The van der Waals surface area contributed by atoms with Gasteiger partial charge in [0.25, 0.3) is 0 Å². The fraction of sp³-hybridized carbons (Fsp3) is 0.800. The van der Waals surface area contributed by atoms with Crippen LogP contribution in [0.15, 0.2) is 12.2 Å². The minimum atomic E-state index is -0.156. The fourth-order valence-corrected chi connectivity index (χ4v) is 1.82. The third kappa shape index (κ3) is 1.02. The Labute approximate surface area is 73.5 Å². The van der Waals surface area contributed by atoms with Crippen LogP contribution in [0.5, 0.6) is 0 Å². The van der Waals surface area contributed by atoms with Crippen molar-refractivity contribution < 1.29 is 9.78 Å². The van der Waals surface area contributed by atoms with Gasteiger partial charge in [-0.1, -0.05) is 26.0 Å². The lowest BCUT2D eigenvalue weighted by Gasteiger charge is -2.47. The third-order valence-electron chi connectivity index (χ3n) is 3.09.